The second-order valence-corrected chi connectivity index (χ2v) is 5.15. The summed E-state index contributed by atoms with van der Waals surface area (Å²) in [5.74, 6) is -0.264. The lowest BCUT2D eigenvalue weighted by Crippen LogP contribution is -2.49. The Morgan fingerprint density at radius 3 is 2.78 bits per heavy atom. The average molecular weight is 249 g/mol. The van der Waals surface area contributed by atoms with Gasteiger partial charge in [0.25, 0.3) is 0 Å². The van der Waals surface area contributed by atoms with E-state index in [-0.39, 0.29) is 5.97 Å². The van der Waals surface area contributed by atoms with Gasteiger partial charge in [-0.1, -0.05) is 0 Å². The lowest BCUT2D eigenvalue weighted by atomic mass is 10.1. The van der Waals surface area contributed by atoms with Crippen molar-refractivity contribution in [2.24, 2.45) is 0 Å². The van der Waals surface area contributed by atoms with Crippen LogP contribution in [0.25, 0.3) is 0 Å². The van der Waals surface area contributed by atoms with Gasteiger partial charge < -0.3 is 4.74 Å². The van der Waals surface area contributed by atoms with E-state index in [1.807, 2.05) is 18.5 Å². The van der Waals surface area contributed by atoms with Gasteiger partial charge in [-0.25, -0.2) is 4.79 Å². The summed E-state index contributed by atoms with van der Waals surface area (Å²) in [6.07, 6.45) is 4.32. The molecule has 1 saturated heterocycles. The second kappa shape index (κ2) is 4.39. The van der Waals surface area contributed by atoms with Crippen LogP contribution in [0.4, 0.5) is 0 Å². The fraction of sp³-hybridized carbons (Fsp3) is 0.692. The molecular formula is C13H19N3O2. The molecule has 0 N–H and O–H groups in total. The predicted molar refractivity (Wildman–Crippen MR) is 66.6 cm³/mol. The number of carbonyl (C=O) groups is 1. The first-order valence-electron chi connectivity index (χ1n) is 6.66. The molecule has 2 fully saturated rings. The maximum atomic E-state index is 11.7. The smallest absolute Gasteiger partial charge is 0.341 e. The van der Waals surface area contributed by atoms with Crippen LogP contribution in [0.2, 0.25) is 0 Å². The number of hydrogen-bond donors (Lipinski definition) is 0. The largest absolute Gasteiger partial charge is 0.462 e. The van der Waals surface area contributed by atoms with Crippen molar-refractivity contribution in [1.29, 1.82) is 0 Å². The SMILES string of the molecule is CCOC(=O)c1cnn(C2CN(C3CC3)C2)c1C. The van der Waals surface area contributed by atoms with Crippen LogP contribution >= 0.6 is 0 Å². The van der Waals surface area contributed by atoms with Gasteiger partial charge in [-0.05, 0) is 26.7 Å². The molecular weight excluding hydrogens is 230 g/mol. The Morgan fingerprint density at radius 2 is 2.17 bits per heavy atom. The lowest BCUT2D eigenvalue weighted by Gasteiger charge is -2.40. The molecule has 98 valence electrons. The van der Waals surface area contributed by atoms with Crippen LogP contribution in [0.15, 0.2) is 6.20 Å². The highest BCUT2D eigenvalue weighted by Gasteiger charge is 2.39. The fourth-order valence-corrected chi connectivity index (χ4v) is 2.58. The summed E-state index contributed by atoms with van der Waals surface area (Å²) in [5.41, 5.74) is 1.52. The van der Waals surface area contributed by atoms with Crippen molar-refractivity contribution in [2.75, 3.05) is 19.7 Å². The number of nitrogens with zero attached hydrogens (tertiary/aromatic N) is 3. The van der Waals surface area contributed by atoms with E-state index in [9.17, 15) is 4.79 Å². The number of esters is 1. The minimum Gasteiger partial charge on any atom is -0.462 e. The third-order valence-corrected chi connectivity index (χ3v) is 3.84. The van der Waals surface area contributed by atoms with Gasteiger partial charge in [-0.3, -0.25) is 9.58 Å². The van der Waals surface area contributed by atoms with Crippen LogP contribution < -0.4 is 0 Å². The molecule has 2 heterocycles. The maximum Gasteiger partial charge on any atom is 0.341 e. The molecule has 1 aliphatic carbocycles. The Kier molecular flexibility index (Phi) is 2.86. The van der Waals surface area contributed by atoms with Crippen molar-refractivity contribution in [3.8, 4) is 0 Å². The Balaban J connectivity index is 1.68. The first-order chi connectivity index (χ1) is 8.70. The van der Waals surface area contributed by atoms with E-state index in [0.717, 1.165) is 24.8 Å². The molecule has 0 radical (unpaired) electrons. The number of ether oxygens (including phenoxy) is 1. The van der Waals surface area contributed by atoms with E-state index in [2.05, 4.69) is 10.00 Å². The van der Waals surface area contributed by atoms with Crippen LogP contribution in [-0.2, 0) is 4.74 Å². The standard InChI is InChI=1S/C13H19N3O2/c1-3-18-13(17)12-6-14-16(9(12)2)11-7-15(8-11)10-4-5-10/h6,10-11H,3-5,7-8H2,1-2H3. The molecule has 1 aromatic heterocycles. The van der Waals surface area contributed by atoms with Gasteiger partial charge in [-0.2, -0.15) is 5.10 Å². The normalized spacial score (nSPS) is 20.8. The number of carbonyl (C=O) groups excluding carboxylic acids is 1. The molecule has 0 atom stereocenters. The molecule has 0 unspecified atom stereocenters. The van der Waals surface area contributed by atoms with E-state index in [4.69, 9.17) is 4.74 Å². The number of hydrogen-bond acceptors (Lipinski definition) is 4. The van der Waals surface area contributed by atoms with E-state index in [0.29, 0.717) is 18.2 Å². The van der Waals surface area contributed by atoms with Gasteiger partial charge in [0, 0.05) is 19.1 Å². The van der Waals surface area contributed by atoms with Gasteiger partial charge in [0.2, 0.25) is 0 Å². The zero-order chi connectivity index (χ0) is 12.7. The van der Waals surface area contributed by atoms with Crippen LogP contribution in [0.3, 0.4) is 0 Å². The van der Waals surface area contributed by atoms with Crippen LogP contribution in [0.5, 0.6) is 0 Å². The van der Waals surface area contributed by atoms with Crippen molar-refractivity contribution in [3.63, 3.8) is 0 Å². The topological polar surface area (TPSA) is 47.4 Å². The molecule has 0 spiro atoms. The van der Waals surface area contributed by atoms with Crippen molar-refractivity contribution < 1.29 is 9.53 Å². The summed E-state index contributed by atoms with van der Waals surface area (Å²) in [5, 5.41) is 4.34. The minimum atomic E-state index is -0.264. The zero-order valence-corrected chi connectivity index (χ0v) is 10.9. The number of rotatable bonds is 4. The van der Waals surface area contributed by atoms with Crippen molar-refractivity contribution in [3.05, 3.63) is 17.5 Å². The van der Waals surface area contributed by atoms with Crippen LogP contribution in [0, 0.1) is 6.92 Å². The summed E-state index contributed by atoms with van der Waals surface area (Å²) in [6, 6.07) is 1.25. The molecule has 18 heavy (non-hydrogen) atoms. The molecule has 5 heteroatoms. The summed E-state index contributed by atoms with van der Waals surface area (Å²) < 4.78 is 7.00. The number of likely N-dealkylation sites (tertiary alicyclic amines) is 1. The quantitative estimate of drug-likeness (QED) is 0.756. The maximum absolute atomic E-state index is 11.7. The molecule has 3 rings (SSSR count). The zero-order valence-electron chi connectivity index (χ0n) is 10.9. The molecule has 0 aromatic carbocycles. The number of aromatic nitrogens is 2. The third kappa shape index (κ3) is 1.92. The Bertz CT molecular complexity index is 459. The first-order valence-corrected chi connectivity index (χ1v) is 6.66. The fourth-order valence-electron chi connectivity index (χ4n) is 2.58. The molecule has 1 aliphatic heterocycles. The van der Waals surface area contributed by atoms with E-state index < -0.39 is 0 Å². The monoisotopic (exact) mass is 249 g/mol. The van der Waals surface area contributed by atoms with Crippen molar-refractivity contribution in [1.82, 2.24) is 14.7 Å². The highest BCUT2D eigenvalue weighted by Crippen LogP contribution is 2.35. The van der Waals surface area contributed by atoms with Crippen molar-refractivity contribution in [2.45, 2.75) is 38.8 Å². The van der Waals surface area contributed by atoms with Gasteiger partial charge in [0.05, 0.1) is 24.5 Å². The van der Waals surface area contributed by atoms with Gasteiger partial charge in [0.1, 0.15) is 5.56 Å². The van der Waals surface area contributed by atoms with Gasteiger partial charge in [-0.15, -0.1) is 0 Å². The minimum absolute atomic E-state index is 0.264. The summed E-state index contributed by atoms with van der Waals surface area (Å²) in [7, 11) is 0. The lowest BCUT2D eigenvalue weighted by molar-refractivity contribution is 0.0524. The predicted octanol–water partition coefficient (Wildman–Crippen LogP) is 1.39. The Hall–Kier alpha value is -1.36. The molecule has 2 aliphatic rings. The van der Waals surface area contributed by atoms with Crippen LogP contribution in [-0.4, -0.2) is 46.4 Å². The van der Waals surface area contributed by atoms with E-state index in [1.54, 1.807) is 6.20 Å². The van der Waals surface area contributed by atoms with E-state index in [1.165, 1.54) is 12.8 Å². The Morgan fingerprint density at radius 1 is 1.44 bits per heavy atom. The molecule has 1 saturated carbocycles. The summed E-state index contributed by atoms with van der Waals surface area (Å²) in [6.45, 7) is 6.30. The second-order valence-electron chi connectivity index (χ2n) is 5.15. The first kappa shape index (κ1) is 11.7. The molecule has 0 bridgehead atoms. The molecule has 0 amide bonds. The third-order valence-electron chi connectivity index (χ3n) is 3.84. The molecule has 5 nitrogen and oxygen atoms in total. The van der Waals surface area contributed by atoms with Crippen molar-refractivity contribution >= 4 is 5.97 Å². The van der Waals surface area contributed by atoms with Gasteiger partial charge in [0.15, 0.2) is 0 Å². The Labute approximate surface area is 107 Å². The molecule has 1 aromatic rings. The summed E-state index contributed by atoms with van der Waals surface area (Å²) in [4.78, 5) is 14.2. The van der Waals surface area contributed by atoms with Crippen LogP contribution in [0.1, 0.15) is 41.9 Å². The highest BCUT2D eigenvalue weighted by molar-refractivity contribution is 5.90. The average Bonchev–Trinajstić information content (AvgIpc) is 3.03. The van der Waals surface area contributed by atoms with E-state index >= 15 is 0 Å². The highest BCUT2D eigenvalue weighted by atomic mass is 16.5. The summed E-state index contributed by atoms with van der Waals surface area (Å²) >= 11 is 0. The van der Waals surface area contributed by atoms with Gasteiger partial charge >= 0.3 is 5.97 Å².